The minimum absolute atomic E-state index is 0.127. The molecule has 2 aliphatic rings. The summed E-state index contributed by atoms with van der Waals surface area (Å²) in [5.74, 6) is -1.31. The third-order valence-electron chi connectivity index (χ3n) is 5.10. The second kappa shape index (κ2) is 8.26. The largest absolute Gasteiger partial charge is 0.346 e. The van der Waals surface area contributed by atoms with Gasteiger partial charge in [-0.05, 0) is 50.6 Å². The Morgan fingerprint density at radius 3 is 2.70 bits per heavy atom. The van der Waals surface area contributed by atoms with Crippen LogP contribution in [0.2, 0.25) is 0 Å². The molecule has 3 rings (SSSR count). The predicted molar refractivity (Wildman–Crippen MR) is 104 cm³/mol. The predicted octanol–water partition coefficient (Wildman–Crippen LogP) is 0.766. The van der Waals surface area contributed by atoms with Gasteiger partial charge in [-0.25, -0.2) is 8.42 Å². The Kier molecular flexibility index (Phi) is 6.01. The molecule has 148 valence electrons. The number of rotatable bonds is 5. The lowest BCUT2D eigenvalue weighted by Crippen LogP contribution is -2.43. The number of likely N-dealkylation sites (N-methyl/N-ethyl adjacent to an activating group) is 1. The van der Waals surface area contributed by atoms with Gasteiger partial charge in [-0.15, -0.1) is 0 Å². The van der Waals surface area contributed by atoms with Crippen LogP contribution in [0.5, 0.6) is 0 Å². The van der Waals surface area contributed by atoms with Gasteiger partial charge < -0.3 is 10.6 Å². The first kappa shape index (κ1) is 19.6. The van der Waals surface area contributed by atoms with E-state index in [0.717, 1.165) is 25.9 Å². The molecule has 2 amide bonds. The van der Waals surface area contributed by atoms with Gasteiger partial charge in [0, 0.05) is 24.8 Å². The molecule has 0 saturated carbocycles. The first-order valence-electron chi connectivity index (χ1n) is 9.34. The van der Waals surface area contributed by atoms with Crippen molar-refractivity contribution in [2.24, 2.45) is 0 Å². The van der Waals surface area contributed by atoms with Crippen molar-refractivity contribution >= 4 is 33.2 Å². The maximum atomic E-state index is 12.2. The van der Waals surface area contributed by atoms with Gasteiger partial charge in [-0.1, -0.05) is 13.0 Å². The molecule has 8 nitrogen and oxygen atoms in total. The van der Waals surface area contributed by atoms with Crippen LogP contribution < -0.4 is 14.9 Å². The van der Waals surface area contributed by atoms with Crippen molar-refractivity contribution in [3.63, 3.8) is 0 Å². The van der Waals surface area contributed by atoms with Gasteiger partial charge >= 0.3 is 11.8 Å². The van der Waals surface area contributed by atoms with Crippen LogP contribution in [0.15, 0.2) is 24.3 Å². The van der Waals surface area contributed by atoms with Crippen LogP contribution in [0.25, 0.3) is 0 Å². The summed E-state index contributed by atoms with van der Waals surface area (Å²) in [4.78, 5) is 26.5. The molecule has 1 unspecified atom stereocenters. The molecule has 9 heteroatoms. The number of hydrogen-bond donors (Lipinski definition) is 2. The number of anilines is 2. The molecule has 2 heterocycles. The summed E-state index contributed by atoms with van der Waals surface area (Å²) in [7, 11) is -3.29. The minimum atomic E-state index is -3.29. The summed E-state index contributed by atoms with van der Waals surface area (Å²) < 4.78 is 25.4. The van der Waals surface area contributed by atoms with Crippen LogP contribution in [0.1, 0.15) is 26.2 Å². The average molecular weight is 394 g/mol. The molecule has 0 spiro atoms. The molecule has 2 fully saturated rings. The zero-order valence-electron chi connectivity index (χ0n) is 15.5. The fourth-order valence-corrected chi connectivity index (χ4v) is 5.25. The molecule has 0 aromatic heterocycles. The van der Waals surface area contributed by atoms with Crippen molar-refractivity contribution in [2.75, 3.05) is 41.6 Å². The monoisotopic (exact) mass is 394 g/mol. The van der Waals surface area contributed by atoms with E-state index in [4.69, 9.17) is 0 Å². The lowest BCUT2D eigenvalue weighted by molar-refractivity contribution is -0.136. The highest BCUT2D eigenvalue weighted by Crippen LogP contribution is 2.26. The summed E-state index contributed by atoms with van der Waals surface area (Å²) in [6.45, 7) is 4.91. The van der Waals surface area contributed by atoms with E-state index in [0.29, 0.717) is 30.9 Å². The fourth-order valence-electron chi connectivity index (χ4n) is 3.69. The number of nitrogens with zero attached hydrogens (tertiary/aromatic N) is 2. The molecule has 1 aromatic rings. The van der Waals surface area contributed by atoms with Crippen molar-refractivity contribution < 1.29 is 18.0 Å². The minimum Gasteiger partial charge on any atom is -0.346 e. The van der Waals surface area contributed by atoms with Gasteiger partial charge in [0.05, 0.1) is 11.4 Å². The molecule has 2 N–H and O–H groups in total. The van der Waals surface area contributed by atoms with Crippen LogP contribution in [0.3, 0.4) is 0 Å². The third kappa shape index (κ3) is 4.59. The van der Waals surface area contributed by atoms with E-state index in [1.807, 2.05) is 0 Å². The Morgan fingerprint density at radius 2 is 2.00 bits per heavy atom. The number of hydrogen-bond acceptors (Lipinski definition) is 5. The topological polar surface area (TPSA) is 98.8 Å². The molecule has 27 heavy (non-hydrogen) atoms. The molecular weight excluding hydrogens is 368 g/mol. The summed E-state index contributed by atoms with van der Waals surface area (Å²) in [5, 5.41) is 5.24. The number of nitrogens with one attached hydrogen (secondary N) is 2. The summed E-state index contributed by atoms with van der Waals surface area (Å²) >= 11 is 0. The summed E-state index contributed by atoms with van der Waals surface area (Å²) in [5.41, 5.74) is 0.890. The highest BCUT2D eigenvalue weighted by atomic mass is 32.2. The van der Waals surface area contributed by atoms with Gasteiger partial charge in [-0.2, -0.15) is 0 Å². The van der Waals surface area contributed by atoms with Gasteiger partial charge in [0.25, 0.3) is 0 Å². The lowest BCUT2D eigenvalue weighted by atomic mass is 10.2. The highest BCUT2D eigenvalue weighted by molar-refractivity contribution is 7.93. The van der Waals surface area contributed by atoms with Crippen LogP contribution in [-0.2, 0) is 19.6 Å². The normalized spacial score (nSPS) is 22.0. The smallest absolute Gasteiger partial charge is 0.313 e. The number of likely N-dealkylation sites (tertiary alicyclic amines) is 1. The number of carbonyl (C=O) groups is 2. The first-order chi connectivity index (χ1) is 12.9. The van der Waals surface area contributed by atoms with E-state index >= 15 is 0 Å². The van der Waals surface area contributed by atoms with Gasteiger partial charge in [-0.3, -0.25) is 18.8 Å². The zero-order valence-corrected chi connectivity index (χ0v) is 16.3. The van der Waals surface area contributed by atoms with Crippen molar-refractivity contribution in [1.82, 2.24) is 10.2 Å². The SMILES string of the molecule is CCN1CCCC1CNC(=O)C(=O)Nc1cccc(N2CCCS2(=O)=O)c1. The van der Waals surface area contributed by atoms with Crippen LogP contribution in [-0.4, -0.2) is 63.1 Å². The Hall–Kier alpha value is -2.13. The molecule has 0 aliphatic carbocycles. The Bertz CT molecular complexity index is 811. The summed E-state index contributed by atoms with van der Waals surface area (Å²) in [6, 6.07) is 6.82. The van der Waals surface area contributed by atoms with Crippen molar-refractivity contribution in [1.29, 1.82) is 0 Å². The van der Waals surface area contributed by atoms with Crippen LogP contribution in [0.4, 0.5) is 11.4 Å². The maximum Gasteiger partial charge on any atom is 0.313 e. The van der Waals surface area contributed by atoms with Gasteiger partial charge in [0.1, 0.15) is 0 Å². The molecule has 2 saturated heterocycles. The highest BCUT2D eigenvalue weighted by Gasteiger charge is 2.29. The molecule has 1 aromatic carbocycles. The molecular formula is C18H26N4O4S. The molecule has 1 atom stereocenters. The van der Waals surface area contributed by atoms with E-state index in [1.54, 1.807) is 24.3 Å². The zero-order chi connectivity index (χ0) is 19.4. The maximum absolute atomic E-state index is 12.2. The average Bonchev–Trinajstić information content (AvgIpc) is 3.24. The Labute approximate surface area is 160 Å². The van der Waals surface area contributed by atoms with E-state index in [2.05, 4.69) is 22.5 Å². The second-order valence-corrected chi connectivity index (χ2v) is 8.89. The Morgan fingerprint density at radius 1 is 1.19 bits per heavy atom. The second-order valence-electron chi connectivity index (χ2n) is 6.88. The quantitative estimate of drug-likeness (QED) is 0.719. The van der Waals surface area contributed by atoms with E-state index in [9.17, 15) is 18.0 Å². The Balaban J connectivity index is 1.57. The molecule has 0 bridgehead atoms. The van der Waals surface area contributed by atoms with Gasteiger partial charge in [0.15, 0.2) is 0 Å². The number of benzene rings is 1. The number of sulfonamides is 1. The number of carbonyl (C=O) groups excluding carboxylic acids is 2. The van der Waals surface area contributed by atoms with Crippen LogP contribution >= 0.6 is 0 Å². The van der Waals surface area contributed by atoms with E-state index < -0.39 is 21.8 Å². The van der Waals surface area contributed by atoms with Crippen molar-refractivity contribution in [3.05, 3.63) is 24.3 Å². The van der Waals surface area contributed by atoms with Crippen LogP contribution in [0, 0.1) is 0 Å². The summed E-state index contributed by atoms with van der Waals surface area (Å²) in [6.07, 6.45) is 2.70. The molecule has 0 radical (unpaired) electrons. The first-order valence-corrected chi connectivity index (χ1v) is 11.0. The van der Waals surface area contributed by atoms with E-state index in [1.165, 1.54) is 4.31 Å². The number of amides is 2. The third-order valence-corrected chi connectivity index (χ3v) is 6.97. The van der Waals surface area contributed by atoms with E-state index in [-0.39, 0.29) is 11.8 Å². The van der Waals surface area contributed by atoms with Crippen molar-refractivity contribution in [2.45, 2.75) is 32.2 Å². The standard InChI is InChI=1S/C18H26N4O4S/c1-2-21-9-4-8-16(21)13-19-17(23)18(24)20-14-6-3-7-15(12-14)22-10-5-11-27(22,25)26/h3,6-7,12,16H,2,4-5,8-11,13H2,1H3,(H,19,23)(H,20,24). The molecule has 2 aliphatic heterocycles. The van der Waals surface area contributed by atoms with Crippen molar-refractivity contribution in [3.8, 4) is 0 Å². The van der Waals surface area contributed by atoms with Gasteiger partial charge in [0.2, 0.25) is 10.0 Å². The fraction of sp³-hybridized carbons (Fsp3) is 0.556. The lowest BCUT2D eigenvalue weighted by Gasteiger charge is -2.22.